The molecule has 0 aliphatic carbocycles. The molecule has 0 aliphatic rings. The summed E-state index contributed by atoms with van der Waals surface area (Å²) in [5, 5.41) is 0.677. The molecular weight excluding hydrogens is 136 g/mol. The van der Waals surface area contributed by atoms with Crippen molar-refractivity contribution in [3.8, 4) is 5.75 Å². The third kappa shape index (κ3) is 1.61. The van der Waals surface area contributed by atoms with Crippen LogP contribution in [0.15, 0.2) is 24.3 Å². The maximum Gasteiger partial charge on any atom is 0.180 e. The number of benzene rings is 1. The lowest BCUT2D eigenvalue weighted by molar-refractivity contribution is 0.473. The molecule has 1 rings (SSSR count). The third-order valence-corrected chi connectivity index (χ3v) is 1.20. The monoisotopic (exact) mass is 140 g/mol. The van der Waals surface area contributed by atoms with Crippen molar-refractivity contribution >= 4 is 11.6 Å². The van der Waals surface area contributed by atoms with Gasteiger partial charge in [-0.15, -0.1) is 0 Å². The molecule has 0 amide bonds. The lowest BCUT2D eigenvalue weighted by atomic mass is 10.3. The number of ether oxygens (including phenoxy) is 1. The van der Waals surface area contributed by atoms with Crippen LogP contribution in [0.2, 0.25) is 5.02 Å². The molecule has 2 radical (unpaired) electrons. The maximum atomic E-state index is 5.57. The highest BCUT2D eigenvalue weighted by atomic mass is 35.5. The van der Waals surface area contributed by atoms with Gasteiger partial charge in [0.2, 0.25) is 0 Å². The van der Waals surface area contributed by atoms with E-state index in [0.29, 0.717) is 10.8 Å². The highest BCUT2D eigenvalue weighted by molar-refractivity contribution is 6.30. The van der Waals surface area contributed by atoms with Crippen molar-refractivity contribution in [2.24, 2.45) is 0 Å². The van der Waals surface area contributed by atoms with E-state index in [2.05, 4.69) is 4.74 Å². The average Bonchev–Trinajstić information content (AvgIpc) is 1.90. The van der Waals surface area contributed by atoms with E-state index in [1.807, 2.05) is 0 Å². The first kappa shape index (κ1) is 6.43. The molecule has 1 aromatic carbocycles. The van der Waals surface area contributed by atoms with Crippen LogP contribution < -0.4 is 4.74 Å². The lowest BCUT2D eigenvalue weighted by Gasteiger charge is -1.95. The minimum atomic E-state index is 0.611. The predicted molar refractivity (Wildman–Crippen MR) is 36.4 cm³/mol. The molecule has 1 aromatic rings. The Labute approximate surface area is 59.2 Å². The van der Waals surface area contributed by atoms with Crippen LogP contribution in [-0.4, -0.2) is 0 Å². The van der Waals surface area contributed by atoms with Crippen molar-refractivity contribution in [1.82, 2.24) is 0 Å². The zero-order chi connectivity index (χ0) is 6.69. The molecule has 0 aromatic heterocycles. The van der Waals surface area contributed by atoms with E-state index in [-0.39, 0.29) is 0 Å². The normalized spacial score (nSPS) is 9.11. The molecule has 0 bridgehead atoms. The Hall–Kier alpha value is -0.690. The average molecular weight is 141 g/mol. The molecule has 46 valence electrons. The molecule has 9 heavy (non-hydrogen) atoms. The first-order valence-electron chi connectivity index (χ1n) is 2.45. The van der Waals surface area contributed by atoms with Gasteiger partial charge in [0.25, 0.3) is 0 Å². The summed E-state index contributed by atoms with van der Waals surface area (Å²) in [6, 6.07) is 6.82. The van der Waals surface area contributed by atoms with Gasteiger partial charge in [0, 0.05) is 5.02 Å². The largest absolute Gasteiger partial charge is 0.482 e. The molecule has 2 heteroatoms. The predicted octanol–water partition coefficient (Wildman–Crippen LogP) is 2.39. The first-order chi connectivity index (χ1) is 4.33. The first-order valence-corrected chi connectivity index (χ1v) is 2.83. The Bertz CT molecular complexity index is 181. The van der Waals surface area contributed by atoms with Gasteiger partial charge in [-0.3, -0.25) is 0 Å². The number of halogens is 1. The quantitative estimate of drug-likeness (QED) is 0.582. The van der Waals surface area contributed by atoms with Gasteiger partial charge in [0.05, 0.1) is 0 Å². The minimum Gasteiger partial charge on any atom is -0.482 e. The van der Waals surface area contributed by atoms with Crippen LogP contribution >= 0.6 is 11.6 Å². The summed E-state index contributed by atoms with van der Waals surface area (Å²) in [5.41, 5.74) is 0. The fraction of sp³-hybridized carbons (Fsp3) is 0. The van der Waals surface area contributed by atoms with Crippen LogP contribution in [0.1, 0.15) is 0 Å². The van der Waals surface area contributed by atoms with Gasteiger partial charge in [0.1, 0.15) is 5.75 Å². The molecular formula is C7H5ClO. The summed E-state index contributed by atoms with van der Waals surface area (Å²) in [7, 11) is 4.86. The van der Waals surface area contributed by atoms with Crippen molar-refractivity contribution < 1.29 is 4.74 Å². The van der Waals surface area contributed by atoms with Gasteiger partial charge in [-0.1, -0.05) is 11.6 Å². The lowest BCUT2D eigenvalue weighted by Crippen LogP contribution is -1.75. The number of hydrogen-bond acceptors (Lipinski definition) is 1. The van der Waals surface area contributed by atoms with Crippen LogP contribution in [0.3, 0.4) is 0 Å². The molecule has 1 nitrogen and oxygen atoms in total. The summed E-state index contributed by atoms with van der Waals surface area (Å²) in [4.78, 5) is 0. The van der Waals surface area contributed by atoms with E-state index in [1.165, 1.54) is 0 Å². The highest BCUT2D eigenvalue weighted by Crippen LogP contribution is 2.14. The van der Waals surface area contributed by atoms with Gasteiger partial charge in [-0.2, -0.15) is 0 Å². The SMILES string of the molecule is [CH]Oc1ccc(Cl)cc1. The summed E-state index contributed by atoms with van der Waals surface area (Å²) < 4.78 is 4.41. The second-order valence-corrected chi connectivity index (χ2v) is 2.01. The van der Waals surface area contributed by atoms with Gasteiger partial charge in [-0.05, 0) is 24.3 Å². The van der Waals surface area contributed by atoms with Gasteiger partial charge in [-0.25, -0.2) is 0 Å². The van der Waals surface area contributed by atoms with Crippen LogP contribution in [-0.2, 0) is 0 Å². The summed E-state index contributed by atoms with van der Waals surface area (Å²) >= 11 is 5.57. The molecule has 0 heterocycles. The van der Waals surface area contributed by atoms with Crippen molar-refractivity contribution in [2.75, 3.05) is 0 Å². The second kappa shape index (κ2) is 2.74. The number of rotatable bonds is 1. The molecule has 0 spiro atoms. The highest BCUT2D eigenvalue weighted by Gasteiger charge is 1.87. The molecule has 0 saturated heterocycles. The van der Waals surface area contributed by atoms with E-state index in [9.17, 15) is 0 Å². The number of hydrogen-bond donors (Lipinski definition) is 0. The van der Waals surface area contributed by atoms with Crippen LogP contribution in [0, 0.1) is 7.11 Å². The summed E-state index contributed by atoms with van der Waals surface area (Å²) in [5.74, 6) is 0.611. The Kier molecular flexibility index (Phi) is 1.96. The van der Waals surface area contributed by atoms with Gasteiger partial charge in [0.15, 0.2) is 7.11 Å². The minimum absolute atomic E-state index is 0.611. The van der Waals surface area contributed by atoms with E-state index in [1.54, 1.807) is 24.3 Å². The zero-order valence-electron chi connectivity index (χ0n) is 4.67. The van der Waals surface area contributed by atoms with E-state index >= 15 is 0 Å². The standard InChI is InChI=1S/C7H5ClO/c1-9-7-4-2-6(8)3-5-7/h1-5H. The van der Waals surface area contributed by atoms with Gasteiger partial charge < -0.3 is 4.74 Å². The van der Waals surface area contributed by atoms with E-state index < -0.39 is 0 Å². The van der Waals surface area contributed by atoms with Gasteiger partial charge >= 0.3 is 0 Å². The molecule has 0 aliphatic heterocycles. The van der Waals surface area contributed by atoms with Crippen molar-refractivity contribution in [3.63, 3.8) is 0 Å². The van der Waals surface area contributed by atoms with Crippen LogP contribution in [0.25, 0.3) is 0 Å². The van der Waals surface area contributed by atoms with E-state index in [0.717, 1.165) is 0 Å². The molecule has 0 N–H and O–H groups in total. The van der Waals surface area contributed by atoms with Crippen LogP contribution in [0.5, 0.6) is 5.75 Å². The molecule has 0 unspecified atom stereocenters. The summed E-state index contributed by atoms with van der Waals surface area (Å²) in [6.45, 7) is 0. The van der Waals surface area contributed by atoms with Crippen molar-refractivity contribution in [1.29, 1.82) is 0 Å². The Balaban J connectivity index is 2.88. The van der Waals surface area contributed by atoms with E-state index in [4.69, 9.17) is 18.7 Å². The Morgan fingerprint density at radius 1 is 1.22 bits per heavy atom. The zero-order valence-corrected chi connectivity index (χ0v) is 5.43. The van der Waals surface area contributed by atoms with Crippen molar-refractivity contribution in [3.05, 3.63) is 36.4 Å². The summed E-state index contributed by atoms with van der Waals surface area (Å²) in [6.07, 6.45) is 0. The fourth-order valence-electron chi connectivity index (χ4n) is 0.513. The second-order valence-electron chi connectivity index (χ2n) is 1.57. The maximum absolute atomic E-state index is 5.57. The molecule has 0 fully saturated rings. The Morgan fingerprint density at radius 3 is 2.22 bits per heavy atom. The molecule has 0 saturated carbocycles. The smallest absolute Gasteiger partial charge is 0.180 e. The third-order valence-electron chi connectivity index (χ3n) is 0.950. The fourth-order valence-corrected chi connectivity index (χ4v) is 0.639. The van der Waals surface area contributed by atoms with Crippen molar-refractivity contribution in [2.45, 2.75) is 0 Å². The van der Waals surface area contributed by atoms with Crippen LogP contribution in [0.4, 0.5) is 0 Å². The Morgan fingerprint density at radius 2 is 1.78 bits per heavy atom. The molecule has 0 atom stereocenters. The topological polar surface area (TPSA) is 9.23 Å².